The Bertz CT molecular complexity index is 1360. The maximum atomic E-state index is 13.1. The van der Waals surface area contributed by atoms with Crippen LogP contribution in [0.2, 0.25) is 5.02 Å². The Balaban J connectivity index is 1.67. The summed E-state index contributed by atoms with van der Waals surface area (Å²) in [6.07, 6.45) is 1.32. The Morgan fingerprint density at radius 2 is 2.09 bits per heavy atom. The first-order chi connectivity index (χ1) is 15.3. The van der Waals surface area contributed by atoms with Crippen LogP contribution < -0.4 is 16.4 Å². The Kier molecular flexibility index (Phi) is 6.35. The minimum absolute atomic E-state index is 0.0664. The Morgan fingerprint density at radius 3 is 2.84 bits per heavy atom. The molecule has 0 aliphatic rings. The lowest BCUT2D eigenvalue weighted by Crippen LogP contribution is -2.16. The van der Waals surface area contributed by atoms with Crippen LogP contribution in [0, 0.1) is 12.3 Å². The summed E-state index contributed by atoms with van der Waals surface area (Å²) in [5.41, 5.74) is 9.81. The number of nitrogens with two attached hydrogens (primary N) is 1. The lowest BCUT2D eigenvalue weighted by molar-refractivity contribution is 0.102. The van der Waals surface area contributed by atoms with Crippen LogP contribution in [0.5, 0.6) is 0 Å². The van der Waals surface area contributed by atoms with Gasteiger partial charge in [0.25, 0.3) is 5.91 Å². The van der Waals surface area contributed by atoms with Crippen molar-refractivity contribution in [2.45, 2.75) is 13.5 Å². The molecule has 11 heteroatoms. The third-order valence-electron chi connectivity index (χ3n) is 4.64. The van der Waals surface area contributed by atoms with Crippen molar-refractivity contribution in [1.82, 2.24) is 15.0 Å². The summed E-state index contributed by atoms with van der Waals surface area (Å²) in [5.74, 6) is -0.0975. The molecule has 0 spiro atoms. The van der Waals surface area contributed by atoms with E-state index in [2.05, 4.69) is 41.5 Å². The Labute approximate surface area is 200 Å². The molecule has 0 saturated heterocycles. The van der Waals surface area contributed by atoms with Gasteiger partial charge in [-0.2, -0.15) is 0 Å². The molecule has 4 rings (SSSR count). The lowest BCUT2D eigenvalue weighted by atomic mass is 10.1. The van der Waals surface area contributed by atoms with Gasteiger partial charge in [-0.3, -0.25) is 15.2 Å². The van der Waals surface area contributed by atoms with Crippen molar-refractivity contribution in [3.63, 3.8) is 0 Å². The van der Waals surface area contributed by atoms with Gasteiger partial charge in [-0.15, -0.1) is 11.3 Å². The van der Waals surface area contributed by atoms with Gasteiger partial charge in [-0.1, -0.05) is 17.7 Å². The van der Waals surface area contributed by atoms with Gasteiger partial charge < -0.3 is 16.4 Å². The number of hydrogen-bond acceptors (Lipinski definition) is 8. The monoisotopic (exact) mass is 529 g/mol. The number of halogens is 2. The highest BCUT2D eigenvalue weighted by Crippen LogP contribution is 2.35. The minimum atomic E-state index is -0.413. The van der Waals surface area contributed by atoms with Gasteiger partial charge >= 0.3 is 0 Å². The maximum Gasteiger partial charge on any atom is 0.258 e. The van der Waals surface area contributed by atoms with E-state index in [1.807, 2.05) is 25.1 Å². The smallest absolute Gasteiger partial charge is 0.258 e. The van der Waals surface area contributed by atoms with Gasteiger partial charge in [-0.25, -0.2) is 9.97 Å². The van der Waals surface area contributed by atoms with Crippen molar-refractivity contribution >= 4 is 76.8 Å². The van der Waals surface area contributed by atoms with E-state index in [1.165, 1.54) is 17.7 Å². The number of pyridine rings is 1. The molecule has 0 aliphatic carbocycles. The van der Waals surface area contributed by atoms with Crippen LogP contribution in [0.25, 0.3) is 10.2 Å². The van der Waals surface area contributed by atoms with Crippen LogP contribution in [0.4, 0.5) is 17.2 Å². The quantitative estimate of drug-likeness (QED) is 0.253. The first-order valence-corrected chi connectivity index (χ1v) is 11.4. The molecule has 3 heterocycles. The summed E-state index contributed by atoms with van der Waals surface area (Å²) >= 11 is 10.9. The second-order valence-corrected chi connectivity index (χ2v) is 8.90. The van der Waals surface area contributed by atoms with E-state index in [-0.39, 0.29) is 4.62 Å². The molecule has 4 aromatic rings. The van der Waals surface area contributed by atoms with E-state index < -0.39 is 5.91 Å². The van der Waals surface area contributed by atoms with Crippen LogP contribution in [0.1, 0.15) is 27.3 Å². The van der Waals surface area contributed by atoms with Crippen LogP contribution in [0.15, 0.2) is 42.0 Å². The van der Waals surface area contributed by atoms with Crippen LogP contribution in [-0.2, 0) is 6.54 Å². The van der Waals surface area contributed by atoms with Gasteiger partial charge in [0.2, 0.25) is 0 Å². The SMILES string of the molecule is Cc1cccc(CNc2ccc(Cl)c(NC(=O)c3csc4c(N)ncnc34)c2C(=N)Br)n1. The number of rotatable bonds is 6. The van der Waals surface area contributed by atoms with Gasteiger partial charge in [0.05, 0.1) is 44.3 Å². The molecule has 1 aromatic carbocycles. The minimum Gasteiger partial charge on any atom is -0.382 e. The number of carbonyl (C=O) groups excluding carboxylic acids is 1. The highest BCUT2D eigenvalue weighted by molar-refractivity contribution is 9.18. The molecule has 0 atom stereocenters. The summed E-state index contributed by atoms with van der Waals surface area (Å²) in [6, 6.07) is 9.18. The molecular formula is C21H17BrClN7OS. The number of nitrogens with zero attached hydrogens (tertiary/aromatic N) is 3. The van der Waals surface area contributed by atoms with Gasteiger partial charge in [0, 0.05) is 16.8 Å². The van der Waals surface area contributed by atoms with E-state index in [0.717, 1.165) is 11.4 Å². The van der Waals surface area contributed by atoms with E-state index in [9.17, 15) is 4.79 Å². The number of amides is 1. The van der Waals surface area contributed by atoms with E-state index >= 15 is 0 Å². The number of nitrogens with one attached hydrogen (secondary N) is 3. The predicted molar refractivity (Wildman–Crippen MR) is 133 cm³/mol. The van der Waals surface area contributed by atoms with Crippen molar-refractivity contribution in [2.24, 2.45) is 0 Å². The summed E-state index contributed by atoms with van der Waals surface area (Å²) in [5, 5.41) is 16.3. The lowest BCUT2D eigenvalue weighted by Gasteiger charge is -2.17. The normalized spacial score (nSPS) is 10.8. The summed E-state index contributed by atoms with van der Waals surface area (Å²) in [6.45, 7) is 2.36. The van der Waals surface area contributed by atoms with Crippen molar-refractivity contribution in [3.8, 4) is 0 Å². The maximum absolute atomic E-state index is 13.1. The molecule has 0 unspecified atom stereocenters. The molecule has 5 N–H and O–H groups in total. The highest BCUT2D eigenvalue weighted by atomic mass is 79.9. The van der Waals surface area contributed by atoms with Crippen molar-refractivity contribution in [2.75, 3.05) is 16.4 Å². The zero-order valence-corrected chi connectivity index (χ0v) is 19.9. The zero-order valence-electron chi connectivity index (χ0n) is 16.7. The molecule has 0 bridgehead atoms. The van der Waals surface area contributed by atoms with Crippen molar-refractivity contribution < 1.29 is 4.79 Å². The fraction of sp³-hybridized carbons (Fsp3) is 0.0952. The molecule has 162 valence electrons. The van der Waals surface area contributed by atoms with Gasteiger partial charge in [0.15, 0.2) is 0 Å². The summed E-state index contributed by atoms with van der Waals surface area (Å²) in [4.78, 5) is 25.7. The van der Waals surface area contributed by atoms with Gasteiger partial charge in [0.1, 0.15) is 16.8 Å². The molecule has 8 nitrogen and oxygen atoms in total. The summed E-state index contributed by atoms with van der Waals surface area (Å²) in [7, 11) is 0. The first-order valence-electron chi connectivity index (χ1n) is 9.37. The highest BCUT2D eigenvalue weighted by Gasteiger charge is 2.21. The number of benzene rings is 1. The Morgan fingerprint density at radius 1 is 1.28 bits per heavy atom. The molecule has 32 heavy (non-hydrogen) atoms. The number of fused-ring (bicyclic) bond motifs is 1. The van der Waals surface area contributed by atoms with Crippen molar-refractivity contribution in [3.05, 3.63) is 69.6 Å². The molecule has 0 saturated carbocycles. The molecular weight excluding hydrogens is 514 g/mol. The van der Waals surface area contributed by atoms with Crippen LogP contribution in [-0.4, -0.2) is 25.5 Å². The average Bonchev–Trinajstić information content (AvgIpc) is 3.19. The number of carbonyl (C=O) groups is 1. The number of nitrogen functional groups attached to an aromatic ring is 1. The molecule has 0 aliphatic heterocycles. The van der Waals surface area contributed by atoms with Crippen LogP contribution >= 0.6 is 38.9 Å². The van der Waals surface area contributed by atoms with E-state index in [4.69, 9.17) is 22.7 Å². The standard InChI is InChI=1S/C21H17BrClN7OS/c1-10-3-2-4-11(29-10)7-26-14-6-5-13(23)17(15(14)19(22)24)30-21(31)12-8-32-18-16(12)27-9-28-20(18)25/h2-6,8-9,24,26H,7H2,1H3,(H,30,31)(H2,25,27,28). The molecule has 0 radical (unpaired) electrons. The molecule has 0 fully saturated rings. The number of anilines is 3. The second-order valence-electron chi connectivity index (χ2n) is 6.82. The fourth-order valence-corrected chi connectivity index (χ4v) is 4.69. The topological polar surface area (TPSA) is 130 Å². The van der Waals surface area contributed by atoms with Crippen molar-refractivity contribution in [1.29, 1.82) is 5.41 Å². The average molecular weight is 531 g/mol. The largest absolute Gasteiger partial charge is 0.382 e. The van der Waals surface area contributed by atoms with E-state index in [1.54, 1.807) is 17.5 Å². The van der Waals surface area contributed by atoms with E-state index in [0.29, 0.717) is 50.1 Å². The van der Waals surface area contributed by atoms with Gasteiger partial charge in [-0.05, 0) is 47.1 Å². The predicted octanol–water partition coefficient (Wildman–Crippen LogP) is 5.21. The first kappa shape index (κ1) is 22.1. The number of thiophene rings is 1. The molecule has 3 aromatic heterocycles. The zero-order chi connectivity index (χ0) is 22.8. The van der Waals surface area contributed by atoms with Crippen LogP contribution in [0.3, 0.4) is 0 Å². The molecule has 1 amide bonds. The fourth-order valence-electron chi connectivity index (χ4n) is 3.17. The summed E-state index contributed by atoms with van der Waals surface area (Å²) < 4.78 is 0.704. The Hall–Kier alpha value is -3.08. The number of aromatic nitrogens is 3. The third kappa shape index (κ3) is 4.43. The number of hydrogen-bond donors (Lipinski definition) is 4. The second kappa shape index (κ2) is 9.19. The number of aryl methyl sites for hydroxylation is 1. The third-order valence-corrected chi connectivity index (χ3v) is 6.35.